The molecular weight excluding hydrogens is 364 g/mol. The highest BCUT2D eigenvalue weighted by Gasteiger charge is 2.28. The summed E-state index contributed by atoms with van der Waals surface area (Å²) in [6.07, 6.45) is 2.75. The number of likely N-dealkylation sites (tertiary alicyclic amines) is 1. The molecule has 27 heavy (non-hydrogen) atoms. The van der Waals surface area contributed by atoms with E-state index in [0.717, 1.165) is 24.2 Å². The number of aromatic nitrogens is 5. The van der Waals surface area contributed by atoms with Crippen molar-refractivity contribution in [1.29, 1.82) is 0 Å². The van der Waals surface area contributed by atoms with Gasteiger partial charge in [0.2, 0.25) is 11.7 Å². The van der Waals surface area contributed by atoms with E-state index in [1.54, 1.807) is 12.1 Å². The van der Waals surface area contributed by atoms with Crippen molar-refractivity contribution >= 4 is 17.5 Å². The van der Waals surface area contributed by atoms with Crippen LogP contribution < -0.4 is 0 Å². The first kappa shape index (κ1) is 17.6. The Morgan fingerprint density at radius 2 is 2.07 bits per heavy atom. The number of aryl methyl sites for hydroxylation is 1. The lowest BCUT2D eigenvalue weighted by Crippen LogP contribution is -2.32. The highest BCUT2D eigenvalue weighted by atomic mass is 35.5. The molecule has 1 aliphatic heterocycles. The maximum Gasteiger partial charge on any atom is 0.246 e. The molecule has 0 N–H and O–H groups in total. The molecule has 0 radical (unpaired) electrons. The van der Waals surface area contributed by atoms with Crippen molar-refractivity contribution in [2.45, 2.75) is 25.8 Å². The Morgan fingerprint density at radius 3 is 2.85 bits per heavy atom. The molecule has 3 aromatic rings. The van der Waals surface area contributed by atoms with Crippen LogP contribution in [-0.2, 0) is 11.3 Å². The normalized spacial score (nSPS) is 16.7. The third-order valence-electron chi connectivity index (χ3n) is 4.73. The zero-order chi connectivity index (χ0) is 18.8. The fourth-order valence-electron chi connectivity index (χ4n) is 3.26. The Morgan fingerprint density at radius 1 is 1.26 bits per heavy atom. The van der Waals surface area contributed by atoms with E-state index in [9.17, 15) is 4.79 Å². The van der Waals surface area contributed by atoms with Gasteiger partial charge in [-0.05, 0) is 60.5 Å². The first-order valence-corrected chi connectivity index (χ1v) is 9.20. The molecule has 1 saturated heterocycles. The van der Waals surface area contributed by atoms with Gasteiger partial charge in [-0.25, -0.2) is 0 Å². The van der Waals surface area contributed by atoms with Crippen molar-refractivity contribution in [1.82, 2.24) is 30.1 Å². The third kappa shape index (κ3) is 3.98. The largest absolute Gasteiger partial charge is 0.340 e. The molecule has 8 heteroatoms. The summed E-state index contributed by atoms with van der Waals surface area (Å²) in [6.45, 7) is 3.53. The van der Waals surface area contributed by atoms with E-state index in [1.807, 2.05) is 29.3 Å². The topological polar surface area (TPSA) is 76.8 Å². The van der Waals surface area contributed by atoms with E-state index in [1.165, 1.54) is 10.4 Å². The summed E-state index contributed by atoms with van der Waals surface area (Å²) in [4.78, 5) is 20.2. The van der Waals surface area contributed by atoms with Gasteiger partial charge in [0.1, 0.15) is 6.54 Å². The quantitative estimate of drug-likeness (QED) is 0.693. The summed E-state index contributed by atoms with van der Waals surface area (Å²) in [5.74, 6) is 0.745. The van der Waals surface area contributed by atoms with E-state index in [4.69, 9.17) is 11.6 Å². The predicted molar refractivity (Wildman–Crippen MR) is 101 cm³/mol. The van der Waals surface area contributed by atoms with Gasteiger partial charge in [0, 0.05) is 41.5 Å². The summed E-state index contributed by atoms with van der Waals surface area (Å²) < 4.78 is 0. The second-order valence-electron chi connectivity index (χ2n) is 6.73. The third-order valence-corrected chi connectivity index (χ3v) is 4.98. The molecule has 4 rings (SSSR count). The lowest BCUT2D eigenvalue weighted by molar-refractivity contribution is -0.131. The van der Waals surface area contributed by atoms with Gasteiger partial charge in [0.15, 0.2) is 0 Å². The van der Waals surface area contributed by atoms with Gasteiger partial charge in [-0.3, -0.25) is 9.78 Å². The SMILES string of the molecule is Cc1ccnc(C2CCN(C(=O)Cn3nnc(-c4ccc(Cl)cc4)n3)C2)c1. The van der Waals surface area contributed by atoms with Crippen LogP contribution in [0.5, 0.6) is 0 Å². The van der Waals surface area contributed by atoms with Crippen molar-refractivity contribution in [3.8, 4) is 11.4 Å². The number of carbonyl (C=O) groups is 1. The van der Waals surface area contributed by atoms with Crippen molar-refractivity contribution in [2.24, 2.45) is 0 Å². The van der Waals surface area contributed by atoms with Crippen LogP contribution in [0.1, 0.15) is 23.6 Å². The molecule has 7 nitrogen and oxygen atoms in total. The molecule has 1 aliphatic rings. The number of pyridine rings is 1. The number of hydrogen-bond donors (Lipinski definition) is 0. The number of carbonyl (C=O) groups excluding carboxylic acids is 1. The highest BCUT2D eigenvalue weighted by molar-refractivity contribution is 6.30. The molecule has 1 aromatic carbocycles. The molecule has 1 unspecified atom stereocenters. The number of halogens is 1. The molecule has 138 valence electrons. The molecule has 0 saturated carbocycles. The minimum Gasteiger partial charge on any atom is -0.340 e. The first-order valence-electron chi connectivity index (χ1n) is 8.82. The van der Waals surface area contributed by atoms with Crippen molar-refractivity contribution in [3.05, 3.63) is 58.9 Å². The maximum absolute atomic E-state index is 12.6. The Kier molecular flexibility index (Phi) is 4.85. The summed E-state index contributed by atoms with van der Waals surface area (Å²) >= 11 is 5.89. The molecule has 3 heterocycles. The standard InChI is InChI=1S/C19H19ClN6O/c1-13-6-8-21-17(10-13)15-7-9-25(11-15)18(27)12-26-23-19(22-24-26)14-2-4-16(20)5-3-14/h2-6,8,10,15H,7,9,11-12H2,1H3. The minimum atomic E-state index is -0.00907. The maximum atomic E-state index is 12.6. The van der Waals surface area contributed by atoms with Crippen LogP contribution in [0.25, 0.3) is 11.4 Å². The molecule has 1 fully saturated rings. The van der Waals surface area contributed by atoms with Gasteiger partial charge >= 0.3 is 0 Å². The van der Waals surface area contributed by atoms with E-state index in [-0.39, 0.29) is 18.4 Å². The smallest absolute Gasteiger partial charge is 0.246 e. The Balaban J connectivity index is 1.39. The number of nitrogens with zero attached hydrogens (tertiary/aromatic N) is 6. The summed E-state index contributed by atoms with van der Waals surface area (Å²) in [6, 6.07) is 11.3. The number of hydrogen-bond acceptors (Lipinski definition) is 5. The van der Waals surface area contributed by atoms with Crippen molar-refractivity contribution in [3.63, 3.8) is 0 Å². The second-order valence-corrected chi connectivity index (χ2v) is 7.17. The van der Waals surface area contributed by atoms with Crippen LogP contribution >= 0.6 is 11.6 Å². The van der Waals surface area contributed by atoms with Crippen LogP contribution in [0, 0.1) is 6.92 Å². The molecule has 1 atom stereocenters. The second kappa shape index (κ2) is 7.44. The van der Waals surface area contributed by atoms with E-state index in [0.29, 0.717) is 17.4 Å². The summed E-state index contributed by atoms with van der Waals surface area (Å²) in [5.41, 5.74) is 3.05. The fourth-order valence-corrected chi connectivity index (χ4v) is 3.38. The zero-order valence-electron chi connectivity index (χ0n) is 14.9. The summed E-state index contributed by atoms with van der Waals surface area (Å²) in [5, 5.41) is 13.0. The zero-order valence-corrected chi connectivity index (χ0v) is 15.7. The lowest BCUT2D eigenvalue weighted by Gasteiger charge is -2.16. The molecule has 0 aliphatic carbocycles. The average molecular weight is 383 g/mol. The van der Waals surface area contributed by atoms with Crippen LogP contribution in [-0.4, -0.2) is 49.1 Å². The number of rotatable bonds is 4. The number of tetrazole rings is 1. The van der Waals surface area contributed by atoms with E-state index < -0.39 is 0 Å². The predicted octanol–water partition coefficient (Wildman–Crippen LogP) is 2.71. The highest BCUT2D eigenvalue weighted by Crippen LogP contribution is 2.26. The van der Waals surface area contributed by atoms with Crippen LogP contribution in [0.4, 0.5) is 0 Å². The van der Waals surface area contributed by atoms with E-state index in [2.05, 4.69) is 33.4 Å². The molecule has 0 spiro atoms. The van der Waals surface area contributed by atoms with Gasteiger partial charge < -0.3 is 4.90 Å². The monoisotopic (exact) mass is 382 g/mol. The first-order chi connectivity index (χ1) is 13.1. The van der Waals surface area contributed by atoms with Gasteiger partial charge in [-0.2, -0.15) is 4.80 Å². The van der Waals surface area contributed by atoms with Crippen LogP contribution in [0.2, 0.25) is 5.02 Å². The van der Waals surface area contributed by atoms with Gasteiger partial charge in [-0.15, -0.1) is 10.2 Å². The number of benzene rings is 1. The van der Waals surface area contributed by atoms with Gasteiger partial charge in [-0.1, -0.05) is 11.6 Å². The van der Waals surface area contributed by atoms with Crippen LogP contribution in [0.3, 0.4) is 0 Å². The fraction of sp³-hybridized carbons (Fsp3) is 0.316. The van der Waals surface area contributed by atoms with Crippen molar-refractivity contribution in [2.75, 3.05) is 13.1 Å². The van der Waals surface area contributed by atoms with Gasteiger partial charge in [0.25, 0.3) is 0 Å². The van der Waals surface area contributed by atoms with Crippen LogP contribution in [0.15, 0.2) is 42.6 Å². The lowest BCUT2D eigenvalue weighted by atomic mass is 10.0. The molecule has 2 aromatic heterocycles. The molecular formula is C19H19ClN6O. The minimum absolute atomic E-state index is 0.00907. The average Bonchev–Trinajstić information content (AvgIpc) is 3.32. The van der Waals surface area contributed by atoms with Gasteiger partial charge in [0.05, 0.1) is 0 Å². The molecule has 0 bridgehead atoms. The van der Waals surface area contributed by atoms with E-state index >= 15 is 0 Å². The van der Waals surface area contributed by atoms with Crippen molar-refractivity contribution < 1.29 is 4.79 Å². The Bertz CT molecular complexity index is 955. The number of amides is 1. The summed E-state index contributed by atoms with van der Waals surface area (Å²) in [7, 11) is 0. The molecule has 1 amide bonds. The Hall–Kier alpha value is -2.80. The Labute approximate surface area is 162 Å².